The Morgan fingerprint density at radius 1 is 1.08 bits per heavy atom. The fraction of sp³-hybridized carbons (Fsp3) is 0.810. The van der Waals surface area contributed by atoms with Crippen LogP contribution >= 0.6 is 0 Å². The molecule has 2 saturated heterocycles. The molecular formula is C21H36N2O2. The van der Waals surface area contributed by atoms with Gasteiger partial charge in [0.2, 0.25) is 11.8 Å². The predicted molar refractivity (Wildman–Crippen MR) is 102 cm³/mol. The molecule has 2 aliphatic rings. The highest BCUT2D eigenvalue weighted by Crippen LogP contribution is 2.39. The molecule has 1 unspecified atom stereocenters. The first kappa shape index (κ1) is 20.0. The third-order valence-electron chi connectivity index (χ3n) is 6.05. The van der Waals surface area contributed by atoms with Gasteiger partial charge in [0.1, 0.15) is 0 Å². The first-order valence-electron chi connectivity index (χ1n) is 9.68. The van der Waals surface area contributed by atoms with Gasteiger partial charge in [-0.15, -0.1) is 0 Å². The summed E-state index contributed by atoms with van der Waals surface area (Å²) in [6, 6.07) is 0. The number of allylic oxidation sites excluding steroid dienone is 1. The molecule has 2 amide bonds. The zero-order valence-corrected chi connectivity index (χ0v) is 17.0. The molecule has 2 aliphatic heterocycles. The van der Waals surface area contributed by atoms with Gasteiger partial charge in [0.15, 0.2) is 0 Å². The monoisotopic (exact) mass is 348 g/mol. The Kier molecular flexibility index (Phi) is 5.70. The van der Waals surface area contributed by atoms with E-state index in [4.69, 9.17) is 0 Å². The fourth-order valence-electron chi connectivity index (χ4n) is 4.08. The summed E-state index contributed by atoms with van der Waals surface area (Å²) in [6.07, 6.45) is 3.28. The van der Waals surface area contributed by atoms with Crippen molar-refractivity contribution < 1.29 is 9.59 Å². The molecule has 0 saturated carbocycles. The molecular weight excluding hydrogens is 312 g/mol. The second kappa shape index (κ2) is 7.13. The Balaban J connectivity index is 1.85. The van der Waals surface area contributed by atoms with Gasteiger partial charge in [-0.25, -0.2) is 0 Å². The molecule has 0 aromatic heterocycles. The number of hydrogen-bond donors (Lipinski definition) is 0. The molecule has 2 heterocycles. The summed E-state index contributed by atoms with van der Waals surface area (Å²) in [5, 5.41) is 0. The molecule has 25 heavy (non-hydrogen) atoms. The number of rotatable bonds is 3. The van der Waals surface area contributed by atoms with Gasteiger partial charge in [-0.2, -0.15) is 0 Å². The van der Waals surface area contributed by atoms with Crippen LogP contribution in [0.1, 0.15) is 67.2 Å². The summed E-state index contributed by atoms with van der Waals surface area (Å²) in [7, 11) is 0. The van der Waals surface area contributed by atoms with Crippen molar-refractivity contribution in [2.75, 3.05) is 19.6 Å². The lowest BCUT2D eigenvalue weighted by molar-refractivity contribution is -0.135. The summed E-state index contributed by atoms with van der Waals surface area (Å²) >= 11 is 0. The highest BCUT2D eigenvalue weighted by molar-refractivity contribution is 5.85. The molecule has 0 N–H and O–H groups in total. The van der Waals surface area contributed by atoms with Crippen molar-refractivity contribution in [2.45, 2.75) is 67.2 Å². The minimum absolute atomic E-state index is 0.0161. The lowest BCUT2D eigenvalue weighted by Gasteiger charge is -2.39. The van der Waals surface area contributed by atoms with Crippen molar-refractivity contribution in [3.8, 4) is 0 Å². The Morgan fingerprint density at radius 2 is 1.64 bits per heavy atom. The van der Waals surface area contributed by atoms with E-state index < -0.39 is 0 Å². The zero-order chi connectivity index (χ0) is 19.0. The molecule has 0 aliphatic carbocycles. The number of piperidine rings is 1. The van der Waals surface area contributed by atoms with Crippen LogP contribution in [0.15, 0.2) is 12.3 Å². The van der Waals surface area contributed by atoms with E-state index in [0.717, 1.165) is 31.6 Å². The van der Waals surface area contributed by atoms with Crippen molar-refractivity contribution in [3.63, 3.8) is 0 Å². The van der Waals surface area contributed by atoms with E-state index in [1.807, 2.05) is 4.90 Å². The average Bonchev–Trinajstić information content (AvgIpc) is 2.79. The molecule has 4 nitrogen and oxygen atoms in total. The Labute approximate surface area is 153 Å². The van der Waals surface area contributed by atoms with Gasteiger partial charge < -0.3 is 9.80 Å². The van der Waals surface area contributed by atoms with Crippen LogP contribution < -0.4 is 0 Å². The van der Waals surface area contributed by atoms with Gasteiger partial charge in [-0.3, -0.25) is 9.59 Å². The molecule has 142 valence electrons. The summed E-state index contributed by atoms with van der Waals surface area (Å²) in [5.41, 5.74) is 1.12. The van der Waals surface area contributed by atoms with E-state index in [1.54, 1.807) is 4.90 Å². The van der Waals surface area contributed by atoms with Crippen molar-refractivity contribution >= 4 is 11.8 Å². The van der Waals surface area contributed by atoms with Crippen molar-refractivity contribution in [3.05, 3.63) is 12.3 Å². The van der Waals surface area contributed by atoms with Crippen LogP contribution in [0.3, 0.4) is 0 Å². The van der Waals surface area contributed by atoms with Gasteiger partial charge in [0.25, 0.3) is 0 Å². The molecule has 2 fully saturated rings. The van der Waals surface area contributed by atoms with Crippen LogP contribution in [0.2, 0.25) is 0 Å². The van der Waals surface area contributed by atoms with Crippen LogP contribution in [-0.2, 0) is 9.59 Å². The number of nitrogens with zero attached hydrogens (tertiary/aromatic N) is 2. The standard InChI is InChI=1S/C21H36N2O2/c1-15-14-17(21(5,6)7)19(25)23(15)13-10-18(24)22-11-8-16(9-12-22)20(2,3)4/h16-17H,1,8-14H2,2-7H3. The lowest BCUT2D eigenvalue weighted by Crippen LogP contribution is -2.42. The molecule has 0 aromatic rings. The smallest absolute Gasteiger partial charge is 0.230 e. The first-order chi connectivity index (χ1) is 11.4. The van der Waals surface area contributed by atoms with Crippen LogP contribution in [0.5, 0.6) is 0 Å². The van der Waals surface area contributed by atoms with Crippen LogP contribution in [-0.4, -0.2) is 41.2 Å². The van der Waals surface area contributed by atoms with Gasteiger partial charge in [0, 0.05) is 37.7 Å². The van der Waals surface area contributed by atoms with Crippen LogP contribution in [0.4, 0.5) is 0 Å². The number of carbonyl (C=O) groups is 2. The van der Waals surface area contributed by atoms with E-state index in [1.165, 1.54) is 0 Å². The van der Waals surface area contributed by atoms with E-state index >= 15 is 0 Å². The minimum atomic E-state index is -0.0619. The van der Waals surface area contributed by atoms with Gasteiger partial charge in [-0.1, -0.05) is 48.1 Å². The quantitative estimate of drug-likeness (QED) is 0.771. The van der Waals surface area contributed by atoms with Gasteiger partial charge >= 0.3 is 0 Å². The third kappa shape index (κ3) is 4.65. The highest BCUT2D eigenvalue weighted by atomic mass is 16.2. The molecule has 1 atom stereocenters. The molecule has 0 bridgehead atoms. The van der Waals surface area contributed by atoms with E-state index in [0.29, 0.717) is 30.7 Å². The summed E-state index contributed by atoms with van der Waals surface area (Å²) in [4.78, 5) is 28.9. The number of likely N-dealkylation sites (tertiary alicyclic amines) is 2. The number of amides is 2. The second-order valence-electron chi connectivity index (χ2n) is 9.95. The summed E-state index contributed by atoms with van der Waals surface area (Å²) in [6.45, 7) is 19.4. The largest absolute Gasteiger partial charge is 0.343 e. The highest BCUT2D eigenvalue weighted by Gasteiger charge is 2.41. The topological polar surface area (TPSA) is 40.6 Å². The number of hydrogen-bond acceptors (Lipinski definition) is 2. The second-order valence-corrected chi connectivity index (χ2v) is 9.95. The third-order valence-corrected chi connectivity index (χ3v) is 6.05. The molecule has 0 aromatic carbocycles. The Morgan fingerprint density at radius 3 is 2.08 bits per heavy atom. The van der Waals surface area contributed by atoms with Gasteiger partial charge in [0.05, 0.1) is 0 Å². The van der Waals surface area contributed by atoms with Gasteiger partial charge in [-0.05, 0) is 36.0 Å². The average molecular weight is 349 g/mol. The molecule has 0 radical (unpaired) electrons. The number of carbonyl (C=O) groups excluding carboxylic acids is 2. The SMILES string of the molecule is C=C1CC(C(C)(C)C)C(=O)N1CCC(=O)N1CCC(C(C)(C)C)CC1. The maximum atomic E-state index is 12.6. The predicted octanol–water partition coefficient (Wildman–Crippen LogP) is 4.07. The maximum absolute atomic E-state index is 12.6. The maximum Gasteiger partial charge on any atom is 0.230 e. The minimum Gasteiger partial charge on any atom is -0.343 e. The Bertz CT molecular complexity index is 531. The van der Waals surface area contributed by atoms with Crippen LogP contribution in [0.25, 0.3) is 0 Å². The van der Waals surface area contributed by atoms with Crippen molar-refractivity contribution in [2.24, 2.45) is 22.7 Å². The zero-order valence-electron chi connectivity index (χ0n) is 17.0. The molecule has 0 spiro atoms. The fourth-order valence-corrected chi connectivity index (χ4v) is 4.08. The van der Waals surface area contributed by atoms with Crippen molar-refractivity contribution in [1.82, 2.24) is 9.80 Å². The molecule has 2 rings (SSSR count). The van der Waals surface area contributed by atoms with E-state index in [-0.39, 0.29) is 23.1 Å². The first-order valence-corrected chi connectivity index (χ1v) is 9.68. The summed E-state index contributed by atoms with van der Waals surface area (Å²) < 4.78 is 0. The lowest BCUT2D eigenvalue weighted by atomic mass is 9.75. The van der Waals surface area contributed by atoms with E-state index in [2.05, 4.69) is 48.1 Å². The summed E-state index contributed by atoms with van der Waals surface area (Å²) in [5.74, 6) is 0.977. The van der Waals surface area contributed by atoms with Crippen LogP contribution in [0, 0.1) is 22.7 Å². The Hall–Kier alpha value is -1.32. The normalized spacial score (nSPS) is 23.5. The van der Waals surface area contributed by atoms with Crippen molar-refractivity contribution in [1.29, 1.82) is 0 Å². The molecule has 4 heteroatoms. The van der Waals surface area contributed by atoms with E-state index in [9.17, 15) is 9.59 Å².